The quantitative estimate of drug-likeness (QED) is 0.707. The molecular weight excluding hydrogens is 188 g/mol. The van der Waals surface area contributed by atoms with Crippen molar-refractivity contribution in [1.29, 1.82) is 0 Å². The number of carbonyl (C=O) groups is 1. The summed E-state index contributed by atoms with van der Waals surface area (Å²) >= 11 is 0. The molecule has 0 heterocycles. The van der Waals surface area contributed by atoms with Crippen LogP contribution in [-0.2, 0) is 4.79 Å². The Labute approximate surface area is 91.4 Å². The zero-order chi connectivity index (χ0) is 11.1. The Kier molecular flexibility index (Phi) is 2.72. The summed E-state index contributed by atoms with van der Waals surface area (Å²) in [6, 6.07) is 0. The number of Topliss-reactive ketones (excluding diaryl/α,β-unsaturated/α-hetero) is 1. The van der Waals surface area contributed by atoms with Crippen molar-refractivity contribution in [2.75, 3.05) is 0 Å². The molecular formula is C13H20O2. The van der Waals surface area contributed by atoms with E-state index < -0.39 is 5.60 Å². The van der Waals surface area contributed by atoms with Gasteiger partial charge in [0.15, 0.2) is 5.78 Å². The molecule has 1 unspecified atom stereocenters. The topological polar surface area (TPSA) is 37.3 Å². The second kappa shape index (κ2) is 3.75. The third-order valence-electron chi connectivity index (χ3n) is 4.39. The second-order valence-electron chi connectivity index (χ2n) is 5.12. The van der Waals surface area contributed by atoms with Crippen LogP contribution < -0.4 is 0 Å². The Morgan fingerprint density at radius 1 is 1.60 bits per heavy atom. The van der Waals surface area contributed by atoms with E-state index in [4.69, 9.17) is 0 Å². The summed E-state index contributed by atoms with van der Waals surface area (Å²) in [6.07, 6.45) is 7.15. The first-order chi connectivity index (χ1) is 7.09. The minimum absolute atomic E-state index is 0.0714. The molecule has 2 aliphatic rings. The van der Waals surface area contributed by atoms with E-state index >= 15 is 0 Å². The maximum Gasteiger partial charge on any atom is 0.165 e. The minimum atomic E-state index is -1.02. The first-order valence-electron chi connectivity index (χ1n) is 6.00. The van der Waals surface area contributed by atoms with Crippen molar-refractivity contribution in [2.45, 2.75) is 45.1 Å². The van der Waals surface area contributed by atoms with Crippen LogP contribution in [0.3, 0.4) is 0 Å². The summed E-state index contributed by atoms with van der Waals surface area (Å²) in [5.74, 6) is 1.17. The van der Waals surface area contributed by atoms with Crippen LogP contribution in [0.4, 0.5) is 0 Å². The summed E-state index contributed by atoms with van der Waals surface area (Å²) in [5.41, 5.74) is -1.02. The molecule has 2 rings (SSSR count). The molecule has 1 N–H and O–H groups in total. The van der Waals surface area contributed by atoms with Gasteiger partial charge < -0.3 is 5.11 Å². The molecule has 4 atom stereocenters. The van der Waals surface area contributed by atoms with E-state index in [0.717, 1.165) is 12.8 Å². The fraction of sp³-hybridized carbons (Fsp3) is 0.769. The summed E-state index contributed by atoms with van der Waals surface area (Å²) in [7, 11) is 0. The highest BCUT2D eigenvalue weighted by Gasteiger charge is 2.54. The van der Waals surface area contributed by atoms with E-state index in [1.165, 1.54) is 0 Å². The fourth-order valence-corrected chi connectivity index (χ4v) is 3.14. The summed E-state index contributed by atoms with van der Waals surface area (Å²) < 4.78 is 0. The Bertz CT molecular complexity index is 295. The van der Waals surface area contributed by atoms with Crippen molar-refractivity contribution in [2.24, 2.45) is 17.8 Å². The molecule has 84 valence electrons. The van der Waals surface area contributed by atoms with E-state index in [1.54, 1.807) is 0 Å². The van der Waals surface area contributed by atoms with Gasteiger partial charge in [-0.25, -0.2) is 0 Å². The molecule has 1 fully saturated rings. The summed E-state index contributed by atoms with van der Waals surface area (Å²) in [5, 5.41) is 10.4. The van der Waals surface area contributed by atoms with E-state index in [2.05, 4.69) is 19.9 Å². The van der Waals surface area contributed by atoms with E-state index in [0.29, 0.717) is 24.7 Å². The molecule has 0 aliphatic heterocycles. The van der Waals surface area contributed by atoms with Crippen LogP contribution in [0.15, 0.2) is 12.2 Å². The van der Waals surface area contributed by atoms with Gasteiger partial charge in [0.1, 0.15) is 5.60 Å². The van der Waals surface area contributed by atoms with E-state index in [9.17, 15) is 9.90 Å². The van der Waals surface area contributed by atoms with Crippen molar-refractivity contribution >= 4 is 5.78 Å². The molecule has 0 spiro atoms. The molecule has 0 amide bonds. The lowest BCUT2D eigenvalue weighted by Gasteiger charge is -2.34. The molecule has 2 aliphatic carbocycles. The van der Waals surface area contributed by atoms with Crippen molar-refractivity contribution in [3.05, 3.63) is 12.2 Å². The zero-order valence-corrected chi connectivity index (χ0v) is 9.57. The van der Waals surface area contributed by atoms with Crippen LogP contribution in [0.5, 0.6) is 0 Å². The van der Waals surface area contributed by atoms with Gasteiger partial charge in [-0.15, -0.1) is 0 Å². The number of hydrogen-bond acceptors (Lipinski definition) is 2. The normalized spacial score (nSPS) is 41.7. The average Bonchev–Trinajstić information content (AvgIpc) is 2.51. The Morgan fingerprint density at radius 2 is 2.33 bits per heavy atom. The van der Waals surface area contributed by atoms with Gasteiger partial charge in [-0.3, -0.25) is 4.79 Å². The fourth-order valence-electron chi connectivity index (χ4n) is 3.14. The van der Waals surface area contributed by atoms with Gasteiger partial charge >= 0.3 is 0 Å². The van der Waals surface area contributed by atoms with Crippen LogP contribution in [0, 0.1) is 17.8 Å². The van der Waals surface area contributed by atoms with Gasteiger partial charge in [0.05, 0.1) is 0 Å². The molecule has 1 saturated carbocycles. The van der Waals surface area contributed by atoms with Gasteiger partial charge in [0, 0.05) is 18.8 Å². The van der Waals surface area contributed by atoms with Gasteiger partial charge in [0.25, 0.3) is 0 Å². The highest BCUT2D eigenvalue weighted by molar-refractivity contribution is 5.90. The smallest absolute Gasteiger partial charge is 0.165 e. The van der Waals surface area contributed by atoms with Gasteiger partial charge in [-0.2, -0.15) is 0 Å². The van der Waals surface area contributed by atoms with Crippen molar-refractivity contribution in [3.63, 3.8) is 0 Å². The van der Waals surface area contributed by atoms with E-state index in [1.807, 2.05) is 6.08 Å². The Hall–Kier alpha value is -0.630. The van der Waals surface area contributed by atoms with Gasteiger partial charge in [0.2, 0.25) is 0 Å². The highest BCUT2D eigenvalue weighted by Crippen LogP contribution is 2.48. The lowest BCUT2D eigenvalue weighted by molar-refractivity contribution is -0.136. The number of fused-ring (bicyclic) bond motifs is 1. The third kappa shape index (κ3) is 1.55. The number of allylic oxidation sites excluding steroid dienone is 1. The number of aliphatic hydroxyl groups is 1. The predicted octanol–water partition coefficient (Wildman–Crippen LogP) is 2.32. The average molecular weight is 208 g/mol. The SMILES string of the molecule is CCC(C)[C@@H]1CC(=O)[C@@]2(O)CC=CC[C@H]12. The Balaban J connectivity index is 2.25. The third-order valence-corrected chi connectivity index (χ3v) is 4.39. The zero-order valence-electron chi connectivity index (χ0n) is 9.57. The molecule has 2 nitrogen and oxygen atoms in total. The van der Waals surface area contributed by atoms with Crippen LogP contribution in [0.25, 0.3) is 0 Å². The number of hydrogen-bond donors (Lipinski definition) is 1. The number of ketones is 1. The van der Waals surface area contributed by atoms with Crippen molar-refractivity contribution < 1.29 is 9.90 Å². The summed E-state index contributed by atoms with van der Waals surface area (Å²) in [4.78, 5) is 11.9. The largest absolute Gasteiger partial charge is 0.381 e. The molecule has 0 aromatic rings. The standard InChI is InChI=1S/C13H20O2/c1-3-9(2)10-8-12(14)13(15)7-5-4-6-11(10)13/h4-5,9-11,15H,3,6-8H2,1-2H3/t9?,10-,11+,13+/m0/s1. The first-order valence-corrected chi connectivity index (χ1v) is 6.00. The molecule has 0 bridgehead atoms. The molecule has 15 heavy (non-hydrogen) atoms. The predicted molar refractivity (Wildman–Crippen MR) is 59.4 cm³/mol. The maximum atomic E-state index is 11.9. The van der Waals surface area contributed by atoms with Crippen LogP contribution in [-0.4, -0.2) is 16.5 Å². The van der Waals surface area contributed by atoms with Crippen molar-refractivity contribution in [3.8, 4) is 0 Å². The van der Waals surface area contributed by atoms with Gasteiger partial charge in [-0.05, 0) is 18.3 Å². The van der Waals surface area contributed by atoms with Crippen LogP contribution in [0.1, 0.15) is 39.5 Å². The van der Waals surface area contributed by atoms with Crippen LogP contribution >= 0.6 is 0 Å². The minimum Gasteiger partial charge on any atom is -0.381 e. The molecule has 0 aromatic heterocycles. The second-order valence-corrected chi connectivity index (χ2v) is 5.12. The first kappa shape index (κ1) is 10.9. The highest BCUT2D eigenvalue weighted by atomic mass is 16.3. The van der Waals surface area contributed by atoms with Crippen LogP contribution in [0.2, 0.25) is 0 Å². The monoisotopic (exact) mass is 208 g/mol. The molecule has 2 heteroatoms. The number of carbonyl (C=O) groups excluding carboxylic acids is 1. The van der Waals surface area contributed by atoms with Gasteiger partial charge in [-0.1, -0.05) is 32.4 Å². The van der Waals surface area contributed by atoms with Crippen molar-refractivity contribution in [1.82, 2.24) is 0 Å². The molecule has 0 radical (unpaired) electrons. The summed E-state index contributed by atoms with van der Waals surface area (Å²) in [6.45, 7) is 4.35. The molecule has 0 aromatic carbocycles. The molecule has 0 saturated heterocycles. The Morgan fingerprint density at radius 3 is 3.00 bits per heavy atom. The maximum absolute atomic E-state index is 11.9. The lowest BCUT2D eigenvalue weighted by atomic mass is 9.73. The van der Waals surface area contributed by atoms with E-state index in [-0.39, 0.29) is 11.7 Å². The number of rotatable bonds is 2. The lowest BCUT2D eigenvalue weighted by Crippen LogP contribution is -2.42.